The van der Waals surface area contributed by atoms with Crippen LogP contribution in [0.25, 0.3) is 0 Å². The maximum Gasteiger partial charge on any atom is 0.253 e. The Morgan fingerprint density at radius 2 is 1.52 bits per heavy atom. The Bertz CT molecular complexity index is 948. The van der Waals surface area contributed by atoms with E-state index in [2.05, 4.69) is 53.5 Å². The summed E-state index contributed by atoms with van der Waals surface area (Å²) >= 11 is 0. The van der Waals surface area contributed by atoms with Gasteiger partial charge in [0.2, 0.25) is 0 Å². The Labute approximate surface area is 172 Å². The van der Waals surface area contributed by atoms with Crippen molar-refractivity contribution in [2.75, 3.05) is 36.4 Å². The van der Waals surface area contributed by atoms with Crippen molar-refractivity contribution in [2.24, 2.45) is 0 Å². The number of carbonyl (C=O) groups is 1. The molecule has 0 unspecified atom stereocenters. The SMILES string of the molecule is Cc1cc(C(=O)N2CCN(c3ccccc3)CC2)ccc1NCc1ccccc1. The maximum atomic E-state index is 13.0. The molecule has 148 valence electrons. The van der Waals surface area contributed by atoms with E-state index in [1.807, 2.05) is 47.4 Å². The average molecular weight is 386 g/mol. The van der Waals surface area contributed by atoms with Gasteiger partial charge in [-0.05, 0) is 48.4 Å². The number of carbonyl (C=O) groups excluding carboxylic acids is 1. The van der Waals surface area contributed by atoms with Gasteiger partial charge in [-0.15, -0.1) is 0 Å². The maximum absolute atomic E-state index is 13.0. The molecule has 0 atom stereocenters. The van der Waals surface area contributed by atoms with Crippen molar-refractivity contribution in [3.05, 3.63) is 95.6 Å². The van der Waals surface area contributed by atoms with Crippen LogP contribution >= 0.6 is 0 Å². The van der Waals surface area contributed by atoms with E-state index in [0.717, 1.165) is 49.5 Å². The molecule has 1 fully saturated rings. The van der Waals surface area contributed by atoms with Crippen LogP contribution in [0.3, 0.4) is 0 Å². The summed E-state index contributed by atoms with van der Waals surface area (Å²) in [6.07, 6.45) is 0. The summed E-state index contributed by atoms with van der Waals surface area (Å²) in [5, 5.41) is 3.47. The van der Waals surface area contributed by atoms with E-state index in [0.29, 0.717) is 0 Å². The number of anilines is 2. The monoisotopic (exact) mass is 385 g/mol. The predicted octanol–water partition coefficient (Wildman–Crippen LogP) is 4.57. The van der Waals surface area contributed by atoms with Crippen molar-refractivity contribution in [3.63, 3.8) is 0 Å². The summed E-state index contributed by atoms with van der Waals surface area (Å²) in [4.78, 5) is 17.3. The van der Waals surface area contributed by atoms with E-state index < -0.39 is 0 Å². The lowest BCUT2D eigenvalue weighted by molar-refractivity contribution is 0.0746. The van der Waals surface area contributed by atoms with Crippen molar-refractivity contribution in [1.29, 1.82) is 0 Å². The summed E-state index contributed by atoms with van der Waals surface area (Å²) in [6.45, 7) is 6.06. The first-order valence-corrected chi connectivity index (χ1v) is 10.2. The van der Waals surface area contributed by atoms with E-state index >= 15 is 0 Å². The number of nitrogens with zero attached hydrogens (tertiary/aromatic N) is 2. The smallest absolute Gasteiger partial charge is 0.253 e. The minimum Gasteiger partial charge on any atom is -0.381 e. The third-order valence-corrected chi connectivity index (χ3v) is 5.49. The number of para-hydroxylation sites is 1. The molecule has 4 rings (SSSR count). The van der Waals surface area contributed by atoms with Gasteiger partial charge >= 0.3 is 0 Å². The van der Waals surface area contributed by atoms with Crippen LogP contribution in [0.2, 0.25) is 0 Å². The highest BCUT2D eigenvalue weighted by atomic mass is 16.2. The van der Waals surface area contributed by atoms with Crippen LogP contribution in [-0.2, 0) is 6.54 Å². The molecule has 0 radical (unpaired) electrons. The van der Waals surface area contributed by atoms with Gasteiger partial charge < -0.3 is 15.1 Å². The largest absolute Gasteiger partial charge is 0.381 e. The van der Waals surface area contributed by atoms with E-state index in [-0.39, 0.29) is 5.91 Å². The van der Waals surface area contributed by atoms with Gasteiger partial charge in [-0.1, -0.05) is 48.5 Å². The second kappa shape index (κ2) is 8.82. The number of piperazine rings is 1. The van der Waals surface area contributed by atoms with Gasteiger partial charge in [0.1, 0.15) is 0 Å². The molecule has 1 N–H and O–H groups in total. The zero-order valence-electron chi connectivity index (χ0n) is 16.8. The minimum atomic E-state index is 0.121. The average Bonchev–Trinajstić information content (AvgIpc) is 2.79. The van der Waals surface area contributed by atoms with Gasteiger partial charge in [0.25, 0.3) is 5.91 Å². The van der Waals surface area contributed by atoms with Crippen LogP contribution in [0.4, 0.5) is 11.4 Å². The molecule has 0 saturated carbocycles. The molecule has 0 aliphatic carbocycles. The van der Waals surface area contributed by atoms with Crippen molar-refractivity contribution in [3.8, 4) is 0 Å². The molecule has 29 heavy (non-hydrogen) atoms. The molecular weight excluding hydrogens is 358 g/mol. The second-order valence-corrected chi connectivity index (χ2v) is 7.48. The van der Waals surface area contributed by atoms with E-state index in [1.54, 1.807) is 0 Å². The van der Waals surface area contributed by atoms with Crippen LogP contribution < -0.4 is 10.2 Å². The van der Waals surface area contributed by atoms with E-state index in [1.165, 1.54) is 11.3 Å². The number of benzene rings is 3. The standard InChI is InChI=1S/C25H27N3O/c1-20-18-22(12-13-24(20)26-19-21-8-4-2-5-9-21)25(29)28-16-14-27(15-17-28)23-10-6-3-7-11-23/h2-13,18,26H,14-17,19H2,1H3. The molecule has 1 aliphatic rings. The third kappa shape index (κ3) is 4.60. The highest BCUT2D eigenvalue weighted by molar-refractivity contribution is 5.95. The summed E-state index contributed by atoms with van der Waals surface area (Å²) < 4.78 is 0. The minimum absolute atomic E-state index is 0.121. The van der Waals surface area contributed by atoms with Crippen molar-refractivity contribution in [2.45, 2.75) is 13.5 Å². The van der Waals surface area contributed by atoms with Gasteiger partial charge in [-0.2, -0.15) is 0 Å². The lowest BCUT2D eigenvalue weighted by Crippen LogP contribution is -2.48. The molecule has 1 amide bonds. The number of hydrogen-bond acceptors (Lipinski definition) is 3. The quantitative estimate of drug-likeness (QED) is 0.699. The Morgan fingerprint density at radius 3 is 2.17 bits per heavy atom. The third-order valence-electron chi connectivity index (χ3n) is 5.49. The molecule has 0 aromatic heterocycles. The lowest BCUT2D eigenvalue weighted by atomic mass is 10.1. The zero-order valence-corrected chi connectivity index (χ0v) is 16.8. The molecular formula is C25H27N3O. The lowest BCUT2D eigenvalue weighted by Gasteiger charge is -2.36. The molecule has 1 aliphatic heterocycles. The van der Waals surface area contributed by atoms with Crippen LogP contribution in [0.5, 0.6) is 0 Å². The van der Waals surface area contributed by atoms with E-state index in [9.17, 15) is 4.79 Å². The fourth-order valence-corrected chi connectivity index (χ4v) is 3.78. The van der Waals surface area contributed by atoms with Crippen molar-refractivity contribution >= 4 is 17.3 Å². The first-order valence-electron chi connectivity index (χ1n) is 10.2. The van der Waals surface area contributed by atoms with E-state index in [4.69, 9.17) is 0 Å². The Hall–Kier alpha value is -3.27. The van der Waals surface area contributed by atoms with Crippen LogP contribution in [0.1, 0.15) is 21.5 Å². The number of nitrogens with one attached hydrogen (secondary N) is 1. The first-order chi connectivity index (χ1) is 14.2. The fourth-order valence-electron chi connectivity index (χ4n) is 3.78. The Morgan fingerprint density at radius 1 is 0.862 bits per heavy atom. The highest BCUT2D eigenvalue weighted by Gasteiger charge is 2.22. The molecule has 0 bridgehead atoms. The van der Waals surface area contributed by atoms with Crippen molar-refractivity contribution in [1.82, 2.24) is 4.90 Å². The molecule has 1 saturated heterocycles. The fraction of sp³-hybridized carbons (Fsp3) is 0.240. The topological polar surface area (TPSA) is 35.6 Å². The van der Waals surface area contributed by atoms with Gasteiger partial charge in [-0.3, -0.25) is 4.79 Å². The van der Waals surface area contributed by atoms with Gasteiger partial charge in [0.15, 0.2) is 0 Å². The molecule has 3 aromatic carbocycles. The number of amides is 1. The molecule has 3 aromatic rings. The zero-order chi connectivity index (χ0) is 20.1. The second-order valence-electron chi connectivity index (χ2n) is 7.48. The number of aryl methyl sites for hydroxylation is 1. The Balaban J connectivity index is 1.36. The first kappa shape index (κ1) is 19.1. The molecule has 4 nitrogen and oxygen atoms in total. The normalized spacial score (nSPS) is 14.0. The molecule has 1 heterocycles. The summed E-state index contributed by atoms with van der Waals surface area (Å²) in [7, 11) is 0. The van der Waals surface area contributed by atoms with Gasteiger partial charge in [0.05, 0.1) is 0 Å². The molecule has 4 heteroatoms. The number of rotatable bonds is 5. The van der Waals surface area contributed by atoms with Crippen molar-refractivity contribution < 1.29 is 4.79 Å². The van der Waals surface area contributed by atoms with Crippen LogP contribution in [0, 0.1) is 6.92 Å². The summed E-state index contributed by atoms with van der Waals surface area (Å²) in [5.74, 6) is 0.121. The van der Waals surface area contributed by atoms with Crippen LogP contribution in [-0.4, -0.2) is 37.0 Å². The van der Waals surface area contributed by atoms with Gasteiger partial charge in [0, 0.05) is 49.7 Å². The van der Waals surface area contributed by atoms with Crippen LogP contribution in [0.15, 0.2) is 78.9 Å². The predicted molar refractivity (Wildman–Crippen MR) is 120 cm³/mol. The summed E-state index contributed by atoms with van der Waals surface area (Å²) in [6, 6.07) is 26.7. The number of hydrogen-bond donors (Lipinski definition) is 1. The van der Waals surface area contributed by atoms with Gasteiger partial charge in [-0.25, -0.2) is 0 Å². The molecule has 0 spiro atoms. The summed E-state index contributed by atoms with van der Waals surface area (Å²) in [5.41, 5.74) is 5.39. The highest BCUT2D eigenvalue weighted by Crippen LogP contribution is 2.20. The Kier molecular flexibility index (Phi) is 5.80.